The average molecular weight is 418 g/mol. The van der Waals surface area contributed by atoms with E-state index in [1.54, 1.807) is 0 Å². The SMILES string of the molecule is O=S(=O)(N[C@H]1[C@H]2CC[C@H](C2)[C@@H]1C/C=C\CCCc1nnn[nH]1)c1ccc(O)cc1. The monoisotopic (exact) mass is 417 g/mol. The van der Waals surface area contributed by atoms with E-state index in [0.29, 0.717) is 17.8 Å². The van der Waals surface area contributed by atoms with Crippen molar-refractivity contribution in [3.63, 3.8) is 0 Å². The number of aryl methyl sites for hydroxylation is 1. The zero-order valence-corrected chi connectivity index (χ0v) is 17.1. The van der Waals surface area contributed by atoms with Crippen molar-refractivity contribution in [1.29, 1.82) is 0 Å². The van der Waals surface area contributed by atoms with E-state index < -0.39 is 10.0 Å². The van der Waals surface area contributed by atoms with Crippen LogP contribution in [0.1, 0.15) is 44.3 Å². The summed E-state index contributed by atoms with van der Waals surface area (Å²) in [7, 11) is -3.59. The van der Waals surface area contributed by atoms with Crippen molar-refractivity contribution in [2.24, 2.45) is 17.8 Å². The third-order valence-corrected chi connectivity index (χ3v) is 7.75. The third-order valence-electron chi connectivity index (χ3n) is 6.28. The zero-order valence-electron chi connectivity index (χ0n) is 16.2. The van der Waals surface area contributed by atoms with Crippen LogP contribution in [0, 0.1) is 17.8 Å². The third kappa shape index (κ3) is 4.67. The van der Waals surface area contributed by atoms with Gasteiger partial charge in [0.15, 0.2) is 0 Å². The molecule has 156 valence electrons. The first kappa shape index (κ1) is 20.0. The van der Waals surface area contributed by atoms with Crippen LogP contribution < -0.4 is 4.72 Å². The summed E-state index contributed by atoms with van der Waals surface area (Å²) in [6.45, 7) is 0. The molecule has 29 heavy (non-hydrogen) atoms. The number of nitrogens with one attached hydrogen (secondary N) is 2. The fourth-order valence-corrected chi connectivity index (χ4v) is 6.20. The summed E-state index contributed by atoms with van der Waals surface area (Å²) in [5.74, 6) is 2.22. The van der Waals surface area contributed by atoms with Gasteiger partial charge < -0.3 is 5.11 Å². The Morgan fingerprint density at radius 2 is 1.97 bits per heavy atom. The van der Waals surface area contributed by atoms with E-state index in [1.807, 2.05) is 0 Å². The van der Waals surface area contributed by atoms with Crippen LogP contribution in [0.4, 0.5) is 0 Å². The molecule has 2 fully saturated rings. The number of sulfonamides is 1. The Kier molecular flexibility index (Phi) is 5.96. The van der Waals surface area contributed by atoms with E-state index in [2.05, 4.69) is 37.5 Å². The van der Waals surface area contributed by atoms with Crippen LogP contribution in [-0.2, 0) is 16.4 Å². The lowest BCUT2D eigenvalue weighted by atomic mass is 9.83. The molecule has 0 unspecified atom stereocenters. The second-order valence-electron chi connectivity index (χ2n) is 8.09. The van der Waals surface area contributed by atoms with E-state index >= 15 is 0 Å². The summed E-state index contributed by atoms with van der Waals surface area (Å²) >= 11 is 0. The van der Waals surface area contributed by atoms with Gasteiger partial charge in [-0.2, -0.15) is 0 Å². The van der Waals surface area contributed by atoms with Crippen LogP contribution in [0.5, 0.6) is 5.75 Å². The smallest absolute Gasteiger partial charge is 0.240 e. The number of fused-ring (bicyclic) bond motifs is 2. The number of phenols is 1. The number of benzene rings is 1. The molecule has 2 aliphatic carbocycles. The van der Waals surface area contributed by atoms with E-state index in [0.717, 1.165) is 44.3 Å². The van der Waals surface area contributed by atoms with Gasteiger partial charge in [0.1, 0.15) is 11.6 Å². The molecule has 0 amide bonds. The number of hydrogen-bond donors (Lipinski definition) is 3. The lowest BCUT2D eigenvalue weighted by Gasteiger charge is -2.31. The van der Waals surface area contributed by atoms with E-state index in [9.17, 15) is 13.5 Å². The molecule has 0 spiro atoms. The molecule has 8 nitrogen and oxygen atoms in total. The number of rotatable bonds is 9. The van der Waals surface area contributed by atoms with Crippen LogP contribution >= 0.6 is 0 Å². The van der Waals surface area contributed by atoms with Crippen molar-refractivity contribution in [2.75, 3.05) is 0 Å². The average Bonchev–Trinajstić information content (AvgIpc) is 3.43. The molecule has 1 heterocycles. The van der Waals surface area contributed by atoms with Crippen molar-refractivity contribution in [3.05, 3.63) is 42.2 Å². The van der Waals surface area contributed by atoms with Crippen LogP contribution in [0.15, 0.2) is 41.3 Å². The van der Waals surface area contributed by atoms with Gasteiger partial charge in [0.25, 0.3) is 0 Å². The first-order valence-electron chi connectivity index (χ1n) is 10.2. The molecule has 0 radical (unpaired) electrons. The molecule has 4 atom stereocenters. The van der Waals surface area contributed by atoms with Crippen molar-refractivity contribution in [1.82, 2.24) is 25.3 Å². The number of aromatic hydroxyl groups is 1. The number of tetrazole rings is 1. The van der Waals surface area contributed by atoms with Gasteiger partial charge in [-0.1, -0.05) is 12.2 Å². The Bertz CT molecular complexity index is 928. The fourth-order valence-electron chi connectivity index (χ4n) is 4.85. The lowest BCUT2D eigenvalue weighted by molar-refractivity contribution is 0.274. The second-order valence-corrected chi connectivity index (χ2v) is 9.80. The Balaban J connectivity index is 1.33. The van der Waals surface area contributed by atoms with Crippen LogP contribution in [0.2, 0.25) is 0 Å². The predicted octanol–water partition coefficient (Wildman–Crippen LogP) is 2.57. The highest BCUT2D eigenvalue weighted by molar-refractivity contribution is 7.89. The summed E-state index contributed by atoms with van der Waals surface area (Å²) in [6.07, 6.45) is 11.4. The number of aromatic amines is 1. The maximum Gasteiger partial charge on any atom is 0.240 e. The highest BCUT2D eigenvalue weighted by atomic mass is 32.2. The molecule has 2 aliphatic rings. The largest absolute Gasteiger partial charge is 0.508 e. The number of unbranched alkanes of at least 4 members (excludes halogenated alkanes) is 1. The molecule has 9 heteroatoms. The molecule has 2 aromatic rings. The van der Waals surface area contributed by atoms with Crippen LogP contribution in [0.25, 0.3) is 0 Å². The van der Waals surface area contributed by atoms with Crippen LogP contribution in [0.3, 0.4) is 0 Å². The number of hydrogen-bond acceptors (Lipinski definition) is 6. The molecule has 0 saturated heterocycles. The van der Waals surface area contributed by atoms with Gasteiger partial charge in [0, 0.05) is 12.5 Å². The van der Waals surface area contributed by atoms with Crippen LogP contribution in [-0.4, -0.2) is 40.2 Å². The number of phenolic OH excluding ortho intramolecular Hbond substituents is 1. The molecule has 3 N–H and O–H groups in total. The minimum atomic E-state index is -3.59. The van der Waals surface area contributed by atoms with Gasteiger partial charge in [-0.3, -0.25) is 0 Å². The first-order valence-corrected chi connectivity index (χ1v) is 11.7. The van der Waals surface area contributed by atoms with Gasteiger partial charge in [-0.05, 0) is 91.0 Å². The lowest BCUT2D eigenvalue weighted by Crippen LogP contribution is -2.43. The van der Waals surface area contributed by atoms with Gasteiger partial charge >= 0.3 is 0 Å². The standard InChI is InChI=1S/C20H27N5O3S/c26-16-9-11-17(12-10-16)29(27,28)23-20-15-8-7-14(13-15)18(20)5-3-1-2-4-6-19-21-24-25-22-19/h1,3,9-12,14-15,18,20,23,26H,2,4-8,13H2,(H,21,22,24,25)/b3-1-/t14-,15+,18+,20+/m1/s1. The summed E-state index contributed by atoms with van der Waals surface area (Å²) in [5.41, 5.74) is 0. The van der Waals surface area contributed by atoms with Crippen molar-refractivity contribution in [2.45, 2.75) is 55.9 Å². The molecule has 1 aromatic heterocycles. The molecule has 2 bridgehead atoms. The number of H-pyrrole nitrogens is 1. The summed E-state index contributed by atoms with van der Waals surface area (Å²) in [4.78, 5) is 0.203. The topological polar surface area (TPSA) is 121 Å². The first-order chi connectivity index (χ1) is 14.0. The molecule has 4 rings (SSSR count). The summed E-state index contributed by atoms with van der Waals surface area (Å²) in [6, 6.07) is 5.69. The maximum absolute atomic E-state index is 12.8. The van der Waals surface area contributed by atoms with Crippen molar-refractivity contribution in [3.8, 4) is 5.75 Å². The van der Waals surface area contributed by atoms with Gasteiger partial charge in [0.05, 0.1) is 4.90 Å². The fraction of sp³-hybridized carbons (Fsp3) is 0.550. The highest BCUT2D eigenvalue weighted by Gasteiger charge is 2.48. The molecule has 2 saturated carbocycles. The Hall–Kier alpha value is -2.26. The Morgan fingerprint density at radius 1 is 1.17 bits per heavy atom. The van der Waals surface area contributed by atoms with E-state index in [1.165, 1.54) is 30.7 Å². The number of aromatic nitrogens is 4. The normalized spacial score (nSPS) is 26.5. The highest BCUT2D eigenvalue weighted by Crippen LogP contribution is 2.50. The Labute approximate surface area is 170 Å². The zero-order chi connectivity index (χ0) is 20.3. The quantitative estimate of drug-likeness (QED) is 0.426. The minimum Gasteiger partial charge on any atom is -0.508 e. The molecule has 0 aliphatic heterocycles. The molecular weight excluding hydrogens is 390 g/mol. The van der Waals surface area contributed by atoms with E-state index in [4.69, 9.17) is 0 Å². The van der Waals surface area contributed by atoms with Crippen molar-refractivity contribution < 1.29 is 13.5 Å². The minimum absolute atomic E-state index is 0.0162. The molecular formula is C20H27N5O3S. The number of allylic oxidation sites excluding steroid dienone is 2. The number of nitrogens with zero attached hydrogens (tertiary/aromatic N) is 3. The van der Waals surface area contributed by atoms with Gasteiger partial charge in [-0.15, -0.1) is 5.10 Å². The predicted molar refractivity (Wildman–Crippen MR) is 107 cm³/mol. The maximum atomic E-state index is 12.8. The van der Waals surface area contributed by atoms with Crippen molar-refractivity contribution >= 4 is 10.0 Å². The molecule has 1 aromatic carbocycles. The van der Waals surface area contributed by atoms with Gasteiger partial charge in [0.2, 0.25) is 10.0 Å². The summed E-state index contributed by atoms with van der Waals surface area (Å²) < 4.78 is 28.6. The summed E-state index contributed by atoms with van der Waals surface area (Å²) in [5, 5.41) is 23.2. The van der Waals surface area contributed by atoms with E-state index in [-0.39, 0.29) is 16.7 Å². The Morgan fingerprint density at radius 3 is 2.72 bits per heavy atom. The van der Waals surface area contributed by atoms with Gasteiger partial charge in [-0.25, -0.2) is 18.2 Å². The second kappa shape index (κ2) is 8.62.